The van der Waals surface area contributed by atoms with Crippen molar-refractivity contribution in [3.8, 4) is 0 Å². The minimum Gasteiger partial charge on any atom is -0.348 e. The molecule has 0 aromatic carbocycles. The number of amides is 1. The normalized spacial score (nSPS) is 17.7. The second-order valence-corrected chi connectivity index (χ2v) is 5.36. The Kier molecular flexibility index (Phi) is 4.04. The molecule has 5 nitrogen and oxygen atoms in total. The third-order valence-electron chi connectivity index (χ3n) is 3.44. The van der Waals surface area contributed by atoms with E-state index in [1.165, 1.54) is 0 Å². The molecule has 2 rings (SSSR count). The molecule has 100 valence electrons. The number of nitrogens with zero attached hydrogens (tertiary/aromatic N) is 1. The maximum Gasteiger partial charge on any atom is 0.227 e. The fourth-order valence-electron chi connectivity index (χ4n) is 2.38. The van der Waals surface area contributed by atoms with E-state index in [1.54, 1.807) is 6.20 Å². The maximum atomic E-state index is 12.0. The first-order valence-electron chi connectivity index (χ1n) is 6.47. The van der Waals surface area contributed by atoms with Gasteiger partial charge < -0.3 is 15.6 Å². The lowest BCUT2D eigenvalue weighted by Gasteiger charge is -2.40. The summed E-state index contributed by atoms with van der Waals surface area (Å²) in [5.74, 6) is 0.817. The number of rotatable bonds is 4. The maximum absolute atomic E-state index is 12.0. The monoisotopic (exact) mass is 250 g/mol. The molecule has 0 unspecified atom stereocenters. The minimum absolute atomic E-state index is 0.0565. The first-order chi connectivity index (χ1) is 8.58. The van der Waals surface area contributed by atoms with Crippen molar-refractivity contribution in [1.82, 2.24) is 15.2 Å². The van der Waals surface area contributed by atoms with Gasteiger partial charge in [0, 0.05) is 44.3 Å². The fraction of sp³-hybridized carbons (Fsp3) is 0.615. The van der Waals surface area contributed by atoms with Gasteiger partial charge in [-0.1, -0.05) is 0 Å². The number of H-pyrrole nitrogens is 1. The van der Waals surface area contributed by atoms with Crippen LogP contribution in [0, 0.1) is 0 Å². The predicted molar refractivity (Wildman–Crippen MR) is 72.6 cm³/mol. The zero-order valence-corrected chi connectivity index (χ0v) is 11.1. The second-order valence-electron chi connectivity index (χ2n) is 5.36. The van der Waals surface area contributed by atoms with Crippen LogP contribution in [0.5, 0.6) is 0 Å². The molecular weight excluding hydrogens is 228 g/mol. The molecule has 1 aromatic rings. The Morgan fingerprint density at radius 1 is 1.44 bits per heavy atom. The van der Waals surface area contributed by atoms with Gasteiger partial charge in [0.05, 0.1) is 0 Å². The van der Waals surface area contributed by atoms with Gasteiger partial charge in [-0.3, -0.25) is 9.69 Å². The summed E-state index contributed by atoms with van der Waals surface area (Å²) in [5, 5.41) is 6.21. The van der Waals surface area contributed by atoms with Crippen molar-refractivity contribution in [2.75, 3.05) is 31.5 Å². The molecule has 1 aromatic heterocycles. The first kappa shape index (κ1) is 13.1. The molecule has 0 aliphatic carbocycles. The standard InChI is InChI=1S/C13H22N4O/c1-13(2,17-8-6-14-7-9-17)10-12(18)16-11-4-3-5-15-11/h3-5,14-15H,6-10H2,1-2H3,(H,16,18). The predicted octanol–water partition coefficient (Wildman–Crippen LogP) is 1.03. The van der Waals surface area contributed by atoms with Crippen LogP contribution in [0.3, 0.4) is 0 Å². The van der Waals surface area contributed by atoms with E-state index < -0.39 is 0 Å². The number of carbonyl (C=O) groups excluding carboxylic acids is 1. The summed E-state index contributed by atoms with van der Waals surface area (Å²) >= 11 is 0. The van der Waals surface area contributed by atoms with E-state index in [0.29, 0.717) is 6.42 Å². The first-order valence-corrected chi connectivity index (χ1v) is 6.47. The summed E-state index contributed by atoms with van der Waals surface area (Å²) in [7, 11) is 0. The Hall–Kier alpha value is -1.33. The summed E-state index contributed by atoms with van der Waals surface area (Å²) in [6.45, 7) is 8.27. The molecule has 1 aliphatic heterocycles. The number of piperazine rings is 1. The van der Waals surface area contributed by atoms with E-state index in [2.05, 4.69) is 34.4 Å². The SMILES string of the molecule is CC(C)(CC(=O)Nc1ccc[nH]1)N1CCNCC1. The summed E-state index contributed by atoms with van der Waals surface area (Å²) in [6, 6.07) is 3.73. The van der Waals surface area contributed by atoms with Crippen LogP contribution in [-0.4, -0.2) is 47.5 Å². The molecule has 18 heavy (non-hydrogen) atoms. The highest BCUT2D eigenvalue weighted by atomic mass is 16.1. The van der Waals surface area contributed by atoms with Crippen molar-refractivity contribution in [3.63, 3.8) is 0 Å². The van der Waals surface area contributed by atoms with Crippen LogP contribution < -0.4 is 10.6 Å². The van der Waals surface area contributed by atoms with Crippen molar-refractivity contribution < 1.29 is 4.79 Å². The van der Waals surface area contributed by atoms with Gasteiger partial charge in [0.2, 0.25) is 5.91 Å². The summed E-state index contributed by atoms with van der Waals surface area (Å²) < 4.78 is 0. The van der Waals surface area contributed by atoms with Crippen LogP contribution in [0.2, 0.25) is 0 Å². The minimum atomic E-state index is -0.0984. The van der Waals surface area contributed by atoms with Gasteiger partial charge in [-0.15, -0.1) is 0 Å². The summed E-state index contributed by atoms with van der Waals surface area (Å²) in [4.78, 5) is 17.3. The van der Waals surface area contributed by atoms with Crippen molar-refractivity contribution >= 4 is 11.7 Å². The van der Waals surface area contributed by atoms with E-state index in [0.717, 1.165) is 32.0 Å². The second kappa shape index (κ2) is 5.54. The van der Waals surface area contributed by atoms with Gasteiger partial charge in [0.1, 0.15) is 5.82 Å². The largest absolute Gasteiger partial charge is 0.348 e. The van der Waals surface area contributed by atoms with Crippen molar-refractivity contribution in [2.45, 2.75) is 25.8 Å². The Morgan fingerprint density at radius 2 is 2.17 bits per heavy atom. The van der Waals surface area contributed by atoms with Gasteiger partial charge in [-0.2, -0.15) is 0 Å². The zero-order chi connectivity index (χ0) is 13.0. The highest BCUT2D eigenvalue weighted by Crippen LogP contribution is 2.20. The van der Waals surface area contributed by atoms with Gasteiger partial charge >= 0.3 is 0 Å². The molecule has 5 heteroatoms. The average molecular weight is 250 g/mol. The molecule has 0 bridgehead atoms. The number of aromatic nitrogens is 1. The molecule has 0 spiro atoms. The smallest absolute Gasteiger partial charge is 0.227 e. The quantitative estimate of drug-likeness (QED) is 0.748. The van der Waals surface area contributed by atoms with Crippen LogP contribution in [0.1, 0.15) is 20.3 Å². The van der Waals surface area contributed by atoms with Gasteiger partial charge in [-0.25, -0.2) is 0 Å². The number of anilines is 1. The molecule has 1 aliphatic rings. The van der Waals surface area contributed by atoms with Crippen LogP contribution in [0.25, 0.3) is 0 Å². The molecule has 1 saturated heterocycles. The van der Waals surface area contributed by atoms with E-state index in [1.807, 2.05) is 12.1 Å². The third kappa shape index (κ3) is 3.34. The Morgan fingerprint density at radius 3 is 2.78 bits per heavy atom. The Labute approximate surface area is 108 Å². The Bertz CT molecular complexity index is 380. The highest BCUT2D eigenvalue weighted by molar-refractivity contribution is 5.90. The van der Waals surface area contributed by atoms with Gasteiger partial charge in [0.15, 0.2) is 0 Å². The highest BCUT2D eigenvalue weighted by Gasteiger charge is 2.30. The van der Waals surface area contributed by atoms with Crippen molar-refractivity contribution in [3.05, 3.63) is 18.3 Å². The fourth-order valence-corrected chi connectivity index (χ4v) is 2.38. The summed E-state index contributed by atoms with van der Waals surface area (Å²) in [5.41, 5.74) is -0.0984. The van der Waals surface area contributed by atoms with Crippen molar-refractivity contribution in [1.29, 1.82) is 0 Å². The number of carbonyl (C=O) groups is 1. The molecule has 0 saturated carbocycles. The van der Waals surface area contributed by atoms with E-state index in [4.69, 9.17) is 0 Å². The number of hydrogen-bond donors (Lipinski definition) is 3. The molecular formula is C13H22N4O. The average Bonchev–Trinajstić information content (AvgIpc) is 2.82. The van der Waals surface area contributed by atoms with Gasteiger partial charge in [-0.05, 0) is 26.0 Å². The lowest BCUT2D eigenvalue weighted by Crippen LogP contribution is -2.54. The molecule has 1 fully saturated rings. The molecule has 3 N–H and O–H groups in total. The zero-order valence-electron chi connectivity index (χ0n) is 11.1. The molecule has 1 amide bonds. The molecule has 0 atom stereocenters. The molecule has 2 heterocycles. The van der Waals surface area contributed by atoms with E-state index in [-0.39, 0.29) is 11.4 Å². The van der Waals surface area contributed by atoms with Crippen LogP contribution in [-0.2, 0) is 4.79 Å². The van der Waals surface area contributed by atoms with Crippen LogP contribution in [0.15, 0.2) is 18.3 Å². The number of nitrogens with one attached hydrogen (secondary N) is 3. The number of hydrogen-bond acceptors (Lipinski definition) is 3. The van der Waals surface area contributed by atoms with Gasteiger partial charge in [0.25, 0.3) is 0 Å². The molecule has 0 radical (unpaired) electrons. The van der Waals surface area contributed by atoms with E-state index >= 15 is 0 Å². The lowest BCUT2D eigenvalue weighted by molar-refractivity contribution is -0.118. The summed E-state index contributed by atoms with van der Waals surface area (Å²) in [6.07, 6.45) is 2.31. The lowest BCUT2D eigenvalue weighted by atomic mass is 9.96. The van der Waals surface area contributed by atoms with Crippen LogP contribution in [0.4, 0.5) is 5.82 Å². The van der Waals surface area contributed by atoms with E-state index in [9.17, 15) is 4.79 Å². The topological polar surface area (TPSA) is 60.2 Å². The Balaban J connectivity index is 1.88. The number of aromatic amines is 1. The third-order valence-corrected chi connectivity index (χ3v) is 3.44. The van der Waals surface area contributed by atoms with Crippen molar-refractivity contribution in [2.24, 2.45) is 0 Å². The van der Waals surface area contributed by atoms with Crippen LogP contribution >= 0.6 is 0 Å².